The summed E-state index contributed by atoms with van der Waals surface area (Å²) in [5, 5.41) is 54.0. The molecule has 4 aliphatic rings. The summed E-state index contributed by atoms with van der Waals surface area (Å²) in [6, 6.07) is -9.45. The number of aliphatic hydroxyl groups is 3. The van der Waals surface area contributed by atoms with Gasteiger partial charge in [-0.2, -0.15) is 0 Å². The number of hydrogen-bond donors (Lipinski definition) is 8. The lowest BCUT2D eigenvalue weighted by Crippen LogP contribution is -2.70. The van der Waals surface area contributed by atoms with Crippen LogP contribution in [0.2, 0.25) is 0 Å². The van der Waals surface area contributed by atoms with Crippen LogP contribution in [0.15, 0.2) is 23.3 Å². The van der Waals surface area contributed by atoms with Gasteiger partial charge in [-0.05, 0) is 109 Å². The molecule has 0 aliphatic carbocycles. The van der Waals surface area contributed by atoms with Crippen molar-refractivity contribution in [2.75, 3.05) is 20.1 Å². The number of rotatable bonds is 11. The fraction of sp³-hybridized carbons (Fsp3) is 0.755. The first-order valence-electron chi connectivity index (χ1n) is 24.9. The average Bonchev–Trinajstić information content (AvgIpc) is 3.33. The molecule has 0 saturated carbocycles. The highest BCUT2D eigenvalue weighted by Gasteiger charge is 2.58. The number of aliphatic hydroxyl groups excluding tert-OH is 1. The molecule has 4 saturated heterocycles. The summed E-state index contributed by atoms with van der Waals surface area (Å²) >= 11 is 0. The number of carbonyl (C=O) groups is 8. The molecule has 4 aliphatic heterocycles. The van der Waals surface area contributed by atoms with Gasteiger partial charge in [-0.3, -0.25) is 48.8 Å². The molecule has 22 heteroatoms. The number of nitrogens with one attached hydrogen (secondary N) is 4. The Hall–Kier alpha value is -4.84. The van der Waals surface area contributed by atoms with Gasteiger partial charge in [0.15, 0.2) is 17.4 Å². The summed E-state index contributed by atoms with van der Waals surface area (Å²) in [6.45, 7) is 19.2. The number of allylic oxidation sites excluding steroid dienone is 3. The van der Waals surface area contributed by atoms with Crippen molar-refractivity contribution < 1.29 is 68.4 Å². The van der Waals surface area contributed by atoms with Crippen LogP contribution in [0.4, 0.5) is 0 Å². The number of carbonyl (C=O) groups excluding carboxylic acids is 8. The predicted octanol–water partition coefficient (Wildman–Crippen LogP) is 0.761. The third-order valence-electron chi connectivity index (χ3n) is 14.3. The number of nitrogens with zero attached hydrogens (tertiary/aromatic N) is 4. The summed E-state index contributed by atoms with van der Waals surface area (Å²) < 4.78 is 12.2. The van der Waals surface area contributed by atoms with Gasteiger partial charge in [-0.1, -0.05) is 53.7 Å². The topological polar surface area (TPSA) is 297 Å². The molecule has 0 aromatic rings. The minimum atomic E-state index is -2.85. The van der Waals surface area contributed by atoms with Gasteiger partial charge in [0.05, 0.1) is 12.2 Å². The molecule has 13 unspecified atom stereocenters. The van der Waals surface area contributed by atoms with Crippen LogP contribution >= 0.6 is 0 Å². The smallest absolute Gasteiger partial charge is 0.331 e. The first-order chi connectivity index (χ1) is 33.0. The highest BCUT2D eigenvalue weighted by Crippen LogP contribution is 2.41. The van der Waals surface area contributed by atoms with Crippen LogP contribution in [0.3, 0.4) is 0 Å². The SMILES string of the molecule is C/C=C(\C)C(=O)C(C)/C=C(\C)C1OC(O)(C(C)(O)C(=O)NC2C(=O)N3NCCCC3C(=O)N(O)C(C)C(=O)N(C)C(CC(C)C)C(=O)N3NCCCC3C(=O)NC(C(C)O)C(=O)OC2C(C)C)CCC1C. The second kappa shape index (κ2) is 24.3. The Kier molecular flexibility index (Phi) is 20.1. The van der Waals surface area contributed by atoms with Crippen LogP contribution in [0.25, 0.3) is 0 Å². The molecule has 22 nitrogen and oxygen atoms in total. The van der Waals surface area contributed by atoms with Crippen LogP contribution in [-0.4, -0.2) is 174 Å². The maximum atomic E-state index is 15.2. The van der Waals surface area contributed by atoms with Crippen molar-refractivity contribution in [2.24, 2.45) is 23.7 Å². The molecular weight excluding hydrogens is 925 g/mol. The van der Waals surface area contributed by atoms with Crippen LogP contribution in [-0.2, 0) is 47.8 Å². The number of hydrogen-bond acceptors (Lipinski definition) is 16. The van der Waals surface area contributed by atoms with Gasteiger partial charge in [0, 0.05) is 32.5 Å². The summed E-state index contributed by atoms with van der Waals surface area (Å²) in [6.07, 6.45) is 0.00218. The highest BCUT2D eigenvalue weighted by atomic mass is 16.6. The highest BCUT2D eigenvalue weighted by molar-refractivity contribution is 5.98. The average molecular weight is 1010 g/mol. The summed E-state index contributed by atoms with van der Waals surface area (Å²) in [7, 11) is 1.33. The lowest BCUT2D eigenvalue weighted by molar-refractivity contribution is -0.321. The molecule has 8 N–H and O–H groups in total. The Morgan fingerprint density at radius 3 is 2.03 bits per heavy atom. The molecule has 0 aromatic carbocycles. The van der Waals surface area contributed by atoms with E-state index >= 15 is 4.79 Å². The van der Waals surface area contributed by atoms with Crippen LogP contribution in [0.5, 0.6) is 0 Å². The first-order valence-corrected chi connectivity index (χ1v) is 24.9. The number of likely N-dealkylation sites (N-methyl/N-ethyl adjacent to an activating group) is 1. The van der Waals surface area contributed by atoms with Crippen molar-refractivity contribution in [3.8, 4) is 0 Å². The normalized spacial score (nSPS) is 32.5. The zero-order chi connectivity index (χ0) is 53.6. The molecule has 4 fully saturated rings. The van der Waals surface area contributed by atoms with E-state index < -0.39 is 119 Å². The Bertz CT molecular complexity index is 2060. The molecule has 13 atom stereocenters. The van der Waals surface area contributed by atoms with E-state index in [0.29, 0.717) is 17.6 Å². The minimum Gasteiger partial charge on any atom is -0.458 e. The Morgan fingerprint density at radius 1 is 0.901 bits per heavy atom. The van der Waals surface area contributed by atoms with Crippen molar-refractivity contribution >= 4 is 47.2 Å². The van der Waals surface area contributed by atoms with E-state index in [1.807, 2.05) is 20.8 Å². The molecule has 6 amide bonds. The lowest BCUT2D eigenvalue weighted by atomic mass is 9.80. The van der Waals surface area contributed by atoms with E-state index in [4.69, 9.17) is 9.47 Å². The van der Waals surface area contributed by atoms with Gasteiger partial charge < -0.3 is 40.3 Å². The van der Waals surface area contributed by atoms with Gasteiger partial charge in [0.1, 0.15) is 36.3 Å². The van der Waals surface area contributed by atoms with E-state index in [-0.39, 0.29) is 74.3 Å². The Morgan fingerprint density at radius 2 is 1.48 bits per heavy atom. The molecule has 0 radical (unpaired) electrons. The van der Waals surface area contributed by atoms with Crippen molar-refractivity contribution in [1.82, 2.24) is 41.5 Å². The molecule has 4 heterocycles. The zero-order valence-corrected chi connectivity index (χ0v) is 43.7. The number of ether oxygens (including phenoxy) is 2. The minimum absolute atomic E-state index is 0.0684. The van der Waals surface area contributed by atoms with E-state index in [0.717, 1.165) is 21.8 Å². The van der Waals surface area contributed by atoms with Gasteiger partial charge >= 0.3 is 5.97 Å². The van der Waals surface area contributed by atoms with E-state index in [1.165, 1.54) is 34.7 Å². The largest absolute Gasteiger partial charge is 0.458 e. The quantitative estimate of drug-likeness (QED) is 0.0614. The van der Waals surface area contributed by atoms with E-state index in [2.05, 4.69) is 21.5 Å². The zero-order valence-electron chi connectivity index (χ0n) is 43.7. The fourth-order valence-corrected chi connectivity index (χ4v) is 9.58. The monoisotopic (exact) mass is 1000 g/mol. The lowest BCUT2D eigenvalue weighted by Gasteiger charge is -2.48. The van der Waals surface area contributed by atoms with Crippen LogP contribution in [0, 0.1) is 23.7 Å². The van der Waals surface area contributed by atoms with Gasteiger partial charge in [0.25, 0.3) is 23.6 Å². The van der Waals surface area contributed by atoms with Gasteiger partial charge in [-0.15, -0.1) is 0 Å². The maximum absolute atomic E-state index is 15.2. The molecule has 0 bridgehead atoms. The molecule has 71 heavy (non-hydrogen) atoms. The second-order valence-corrected chi connectivity index (χ2v) is 20.8. The van der Waals surface area contributed by atoms with E-state index in [1.54, 1.807) is 39.8 Å². The number of esters is 1. The molecular formula is C49H80N8O14. The first kappa shape index (κ1) is 58.7. The van der Waals surface area contributed by atoms with Gasteiger partial charge in [-0.25, -0.2) is 20.7 Å². The molecule has 0 spiro atoms. The number of cyclic esters (lactones) is 1. The maximum Gasteiger partial charge on any atom is 0.331 e. The van der Waals surface area contributed by atoms with Gasteiger partial charge in [0.2, 0.25) is 17.6 Å². The number of Topliss-reactive ketones (excluding diaryl/α,β-unsaturated/α-hetero) is 1. The third kappa shape index (κ3) is 13.0. The van der Waals surface area contributed by atoms with Crippen molar-refractivity contribution in [2.45, 2.75) is 194 Å². The Labute approximate surface area is 417 Å². The third-order valence-corrected chi connectivity index (χ3v) is 14.3. The number of ketones is 1. The number of hydrazine groups is 2. The number of fused-ring (bicyclic) bond motifs is 2. The van der Waals surface area contributed by atoms with E-state index in [9.17, 15) is 54.1 Å². The summed E-state index contributed by atoms with van der Waals surface area (Å²) in [4.78, 5) is 116. The van der Waals surface area contributed by atoms with Crippen molar-refractivity contribution in [1.29, 1.82) is 0 Å². The van der Waals surface area contributed by atoms with Crippen molar-refractivity contribution in [3.63, 3.8) is 0 Å². The number of hydroxylamine groups is 2. The summed E-state index contributed by atoms with van der Waals surface area (Å²) in [5.41, 5.74) is 4.03. The second-order valence-electron chi connectivity index (χ2n) is 20.8. The van der Waals surface area contributed by atoms with Crippen molar-refractivity contribution in [3.05, 3.63) is 23.3 Å². The molecule has 4 rings (SSSR count). The molecule has 0 aromatic heterocycles. The van der Waals surface area contributed by atoms with Crippen LogP contribution < -0.4 is 21.5 Å². The fourth-order valence-electron chi connectivity index (χ4n) is 9.58. The summed E-state index contributed by atoms with van der Waals surface area (Å²) in [5.74, 6) is -11.9. The Balaban J connectivity index is 1.85. The predicted molar refractivity (Wildman–Crippen MR) is 256 cm³/mol. The van der Waals surface area contributed by atoms with Crippen LogP contribution in [0.1, 0.15) is 128 Å². The standard InChI is InChI=1S/C49H80N8O14/c1-14-27(6)38(59)29(8)24-30(9)40-28(7)19-20-49(68,71-40)48(12,67)47(66)53-37-39(26(4)5)70-46(65)36(32(11)58)52-41(60)33-17-15-21-50-55(33)43(62)35(23-25(2)3)54(13)42(61)31(10)57(69)44(63)34-18-16-22-51-56(34)45(37)64/h14,24-26,28-29,31-37,39-40,50-51,58,67-69H,15-23H2,1-13H3,(H,52,60)(H,53,66)/b27-14+,30-24+. The number of amides is 6. The molecule has 400 valence electrons.